The lowest BCUT2D eigenvalue weighted by molar-refractivity contribution is 0.478. The third kappa shape index (κ3) is 4.33. The molecule has 0 atom stereocenters. The van der Waals surface area contributed by atoms with Gasteiger partial charge in [-0.05, 0) is 97.1 Å². The van der Waals surface area contributed by atoms with E-state index >= 15 is 0 Å². The SMILES string of the molecule is Cc1ccc(Oc2cc[c]c(-c3cccc(Oc4ccccc4)c3)c2)c(C)c1C. The molecule has 0 fully saturated rings. The number of benzene rings is 4. The Balaban J connectivity index is 1.59. The van der Waals surface area contributed by atoms with Crippen molar-refractivity contribution < 1.29 is 9.47 Å². The van der Waals surface area contributed by atoms with Gasteiger partial charge in [0, 0.05) is 0 Å². The molecule has 2 nitrogen and oxygen atoms in total. The van der Waals surface area contributed by atoms with Gasteiger partial charge in [0.05, 0.1) is 0 Å². The highest BCUT2D eigenvalue weighted by atomic mass is 16.5. The molecule has 0 aliphatic rings. The van der Waals surface area contributed by atoms with E-state index in [1.165, 1.54) is 11.1 Å². The fraction of sp³-hybridized carbons (Fsp3) is 0.111. The number of ether oxygens (including phenoxy) is 2. The molecule has 0 aromatic heterocycles. The maximum Gasteiger partial charge on any atom is 0.130 e. The molecule has 0 aliphatic heterocycles. The Morgan fingerprint density at radius 3 is 2.21 bits per heavy atom. The standard InChI is InChI=1S/C27H23O2/c1-19-15-16-27(21(3)20(19)2)29-26-14-8-10-23(18-26)22-9-7-13-25(17-22)28-24-11-5-4-6-12-24/h4-9,11-18H,1-3H3. The lowest BCUT2D eigenvalue weighted by Gasteiger charge is -2.13. The second-order valence-corrected chi connectivity index (χ2v) is 7.11. The van der Waals surface area contributed by atoms with Crippen LogP contribution in [0.1, 0.15) is 16.7 Å². The van der Waals surface area contributed by atoms with Gasteiger partial charge in [-0.2, -0.15) is 0 Å². The number of aryl methyl sites for hydroxylation is 1. The Morgan fingerprint density at radius 1 is 0.621 bits per heavy atom. The summed E-state index contributed by atoms with van der Waals surface area (Å²) in [6, 6.07) is 31.1. The van der Waals surface area contributed by atoms with Gasteiger partial charge in [0.15, 0.2) is 0 Å². The van der Waals surface area contributed by atoms with Crippen LogP contribution >= 0.6 is 0 Å². The predicted molar refractivity (Wildman–Crippen MR) is 118 cm³/mol. The van der Waals surface area contributed by atoms with E-state index in [2.05, 4.69) is 39.0 Å². The van der Waals surface area contributed by atoms with Gasteiger partial charge in [0.1, 0.15) is 23.0 Å². The maximum absolute atomic E-state index is 6.18. The molecule has 0 aliphatic carbocycles. The molecule has 0 bridgehead atoms. The van der Waals surface area contributed by atoms with E-state index in [4.69, 9.17) is 9.47 Å². The van der Waals surface area contributed by atoms with Gasteiger partial charge < -0.3 is 9.47 Å². The molecule has 4 rings (SSSR count). The van der Waals surface area contributed by atoms with Gasteiger partial charge in [-0.15, -0.1) is 0 Å². The molecule has 29 heavy (non-hydrogen) atoms. The lowest BCUT2D eigenvalue weighted by atomic mass is 10.0. The summed E-state index contributed by atoms with van der Waals surface area (Å²) in [7, 11) is 0. The van der Waals surface area contributed by atoms with Crippen LogP contribution in [0.2, 0.25) is 0 Å². The molecule has 1 radical (unpaired) electrons. The third-order valence-electron chi connectivity index (χ3n) is 5.13. The van der Waals surface area contributed by atoms with Gasteiger partial charge in [-0.25, -0.2) is 0 Å². The fourth-order valence-electron chi connectivity index (χ4n) is 3.20. The first-order valence-electron chi connectivity index (χ1n) is 9.70. The minimum absolute atomic E-state index is 0.790. The second-order valence-electron chi connectivity index (χ2n) is 7.11. The van der Waals surface area contributed by atoms with Crippen LogP contribution in [0.3, 0.4) is 0 Å². The van der Waals surface area contributed by atoms with Crippen molar-refractivity contribution in [3.8, 4) is 34.1 Å². The summed E-state index contributed by atoms with van der Waals surface area (Å²) in [6.07, 6.45) is 0. The lowest BCUT2D eigenvalue weighted by Crippen LogP contribution is -1.93. The Hall–Kier alpha value is -3.52. The van der Waals surface area contributed by atoms with Crippen molar-refractivity contribution >= 4 is 0 Å². The fourth-order valence-corrected chi connectivity index (χ4v) is 3.20. The minimum Gasteiger partial charge on any atom is -0.457 e. The van der Waals surface area contributed by atoms with E-state index in [-0.39, 0.29) is 0 Å². The zero-order valence-corrected chi connectivity index (χ0v) is 16.9. The van der Waals surface area contributed by atoms with Crippen LogP contribution in [0.5, 0.6) is 23.0 Å². The Kier molecular flexibility index (Phi) is 5.35. The average Bonchev–Trinajstić information content (AvgIpc) is 2.75. The molecule has 0 saturated carbocycles. The van der Waals surface area contributed by atoms with Gasteiger partial charge in [-0.3, -0.25) is 0 Å². The molecule has 0 N–H and O–H groups in total. The molecule has 0 spiro atoms. The van der Waals surface area contributed by atoms with Gasteiger partial charge >= 0.3 is 0 Å². The van der Waals surface area contributed by atoms with Crippen molar-refractivity contribution in [1.29, 1.82) is 0 Å². The summed E-state index contributed by atoms with van der Waals surface area (Å²) >= 11 is 0. The monoisotopic (exact) mass is 379 g/mol. The normalized spacial score (nSPS) is 10.6. The highest BCUT2D eigenvalue weighted by Gasteiger charge is 2.08. The van der Waals surface area contributed by atoms with Crippen LogP contribution in [0.15, 0.2) is 84.9 Å². The first-order chi connectivity index (χ1) is 14.1. The average molecular weight is 379 g/mol. The molecule has 143 valence electrons. The second kappa shape index (κ2) is 8.24. The third-order valence-corrected chi connectivity index (χ3v) is 5.13. The van der Waals surface area contributed by atoms with Gasteiger partial charge in [0.25, 0.3) is 0 Å². The van der Waals surface area contributed by atoms with E-state index in [9.17, 15) is 0 Å². The molecule has 2 heteroatoms. The van der Waals surface area contributed by atoms with Crippen molar-refractivity contribution in [2.24, 2.45) is 0 Å². The largest absolute Gasteiger partial charge is 0.457 e. The van der Waals surface area contributed by atoms with Gasteiger partial charge in [-0.1, -0.05) is 42.5 Å². The molecular weight excluding hydrogens is 356 g/mol. The Bertz CT molecular complexity index is 1130. The van der Waals surface area contributed by atoms with Gasteiger partial charge in [0.2, 0.25) is 0 Å². The molecular formula is C27H23O2. The van der Waals surface area contributed by atoms with E-state index in [0.717, 1.165) is 39.7 Å². The summed E-state index contributed by atoms with van der Waals surface area (Å²) in [4.78, 5) is 0. The van der Waals surface area contributed by atoms with Crippen LogP contribution in [-0.4, -0.2) is 0 Å². The van der Waals surface area contributed by atoms with E-state index < -0.39 is 0 Å². The van der Waals surface area contributed by atoms with Crippen molar-refractivity contribution in [1.82, 2.24) is 0 Å². The van der Waals surface area contributed by atoms with Crippen LogP contribution in [0.4, 0.5) is 0 Å². The zero-order valence-electron chi connectivity index (χ0n) is 16.9. The molecule has 0 heterocycles. The first kappa shape index (κ1) is 18.8. The van der Waals surface area contributed by atoms with Crippen molar-refractivity contribution in [3.63, 3.8) is 0 Å². The molecule has 0 saturated heterocycles. The summed E-state index contributed by atoms with van der Waals surface area (Å²) in [5.41, 5.74) is 5.68. The van der Waals surface area contributed by atoms with E-state index in [1.54, 1.807) is 0 Å². The summed E-state index contributed by atoms with van der Waals surface area (Å²) < 4.78 is 12.1. The summed E-state index contributed by atoms with van der Waals surface area (Å²) in [5, 5.41) is 0. The summed E-state index contributed by atoms with van der Waals surface area (Å²) in [5.74, 6) is 3.28. The molecule has 0 unspecified atom stereocenters. The number of para-hydroxylation sites is 1. The van der Waals surface area contributed by atoms with Crippen LogP contribution in [0, 0.1) is 26.8 Å². The number of hydrogen-bond acceptors (Lipinski definition) is 2. The molecule has 4 aromatic carbocycles. The van der Waals surface area contributed by atoms with Crippen molar-refractivity contribution in [3.05, 3.63) is 108 Å². The number of rotatable bonds is 5. The highest BCUT2D eigenvalue weighted by Crippen LogP contribution is 2.32. The topological polar surface area (TPSA) is 18.5 Å². The van der Waals surface area contributed by atoms with Crippen LogP contribution in [-0.2, 0) is 0 Å². The van der Waals surface area contributed by atoms with Crippen LogP contribution < -0.4 is 9.47 Å². The van der Waals surface area contributed by atoms with Crippen molar-refractivity contribution in [2.75, 3.05) is 0 Å². The van der Waals surface area contributed by atoms with Crippen molar-refractivity contribution in [2.45, 2.75) is 20.8 Å². The minimum atomic E-state index is 0.790. The quantitative estimate of drug-likeness (QED) is 0.354. The zero-order chi connectivity index (χ0) is 20.2. The van der Waals surface area contributed by atoms with Crippen LogP contribution in [0.25, 0.3) is 11.1 Å². The molecule has 4 aromatic rings. The number of hydrogen-bond donors (Lipinski definition) is 0. The smallest absolute Gasteiger partial charge is 0.130 e. The Morgan fingerprint density at radius 2 is 1.38 bits per heavy atom. The van der Waals surface area contributed by atoms with E-state index in [0.29, 0.717) is 0 Å². The highest BCUT2D eigenvalue weighted by molar-refractivity contribution is 5.66. The summed E-state index contributed by atoms with van der Waals surface area (Å²) in [6.45, 7) is 6.34. The van der Waals surface area contributed by atoms with E-state index in [1.807, 2.05) is 72.8 Å². The maximum atomic E-state index is 6.18. The first-order valence-corrected chi connectivity index (χ1v) is 9.70. The predicted octanol–water partition coefficient (Wildman–Crippen LogP) is 7.66. The Labute approximate surface area is 172 Å². The molecule has 0 amide bonds.